The summed E-state index contributed by atoms with van der Waals surface area (Å²) < 4.78 is 0. The number of carbonyl (C=O) groups is 1. The largest absolute Gasteiger partial charge is 0.319 e. The molecule has 100 valence electrons. The molecule has 0 aliphatic heterocycles. The molecule has 2 heterocycles. The minimum absolute atomic E-state index is 0.213. The van der Waals surface area contributed by atoms with E-state index in [1.807, 2.05) is 24.3 Å². The average Bonchev–Trinajstić information content (AvgIpc) is 3.01. The molecule has 0 atom stereocenters. The quantitative estimate of drug-likeness (QED) is 0.681. The summed E-state index contributed by atoms with van der Waals surface area (Å²) in [4.78, 5) is 12.2. The highest BCUT2D eigenvalue weighted by Gasteiger charge is 2.26. The van der Waals surface area contributed by atoms with Gasteiger partial charge in [0.15, 0.2) is 5.69 Å². The number of amides is 1. The molecular formula is C14H13N5O. The van der Waals surface area contributed by atoms with Crippen LogP contribution in [0.1, 0.15) is 34.9 Å². The lowest BCUT2D eigenvalue weighted by Gasteiger charge is -2.03. The molecule has 0 radical (unpaired) electrons. The molecule has 1 saturated carbocycles. The molecule has 3 N–H and O–H groups in total. The van der Waals surface area contributed by atoms with Gasteiger partial charge in [-0.25, -0.2) is 0 Å². The highest BCUT2D eigenvalue weighted by Crippen LogP contribution is 2.39. The van der Waals surface area contributed by atoms with E-state index in [0.29, 0.717) is 17.3 Å². The highest BCUT2D eigenvalue weighted by molar-refractivity contribution is 6.07. The molecule has 1 aromatic carbocycles. The highest BCUT2D eigenvalue weighted by atomic mass is 16.1. The fourth-order valence-corrected chi connectivity index (χ4v) is 2.32. The van der Waals surface area contributed by atoms with E-state index in [0.717, 1.165) is 16.6 Å². The Morgan fingerprint density at radius 3 is 3.05 bits per heavy atom. The van der Waals surface area contributed by atoms with Gasteiger partial charge < -0.3 is 5.32 Å². The van der Waals surface area contributed by atoms with Crippen molar-refractivity contribution in [2.24, 2.45) is 0 Å². The molecule has 1 aliphatic carbocycles. The summed E-state index contributed by atoms with van der Waals surface area (Å²) in [5.41, 5.74) is 3.00. The maximum atomic E-state index is 12.2. The van der Waals surface area contributed by atoms with Crippen molar-refractivity contribution in [2.45, 2.75) is 18.8 Å². The number of aromatic amines is 2. The van der Waals surface area contributed by atoms with Crippen molar-refractivity contribution in [3.05, 3.63) is 41.9 Å². The van der Waals surface area contributed by atoms with Gasteiger partial charge >= 0.3 is 0 Å². The lowest BCUT2D eigenvalue weighted by molar-refractivity contribution is 0.102. The van der Waals surface area contributed by atoms with E-state index < -0.39 is 0 Å². The topological polar surface area (TPSA) is 86.5 Å². The van der Waals surface area contributed by atoms with Crippen LogP contribution in [-0.2, 0) is 0 Å². The molecule has 1 fully saturated rings. The first-order valence-corrected chi connectivity index (χ1v) is 6.60. The lowest BCUT2D eigenvalue weighted by atomic mass is 10.2. The first-order chi connectivity index (χ1) is 9.81. The van der Waals surface area contributed by atoms with Crippen LogP contribution in [0.3, 0.4) is 0 Å². The Labute approximate surface area is 114 Å². The Bertz CT molecular complexity index is 784. The van der Waals surface area contributed by atoms with Crippen LogP contribution >= 0.6 is 0 Å². The van der Waals surface area contributed by atoms with Gasteiger partial charge in [0.1, 0.15) is 0 Å². The van der Waals surface area contributed by atoms with Crippen LogP contribution in [0.5, 0.6) is 0 Å². The van der Waals surface area contributed by atoms with E-state index >= 15 is 0 Å². The molecule has 6 heteroatoms. The minimum atomic E-state index is -0.213. The average molecular weight is 267 g/mol. The van der Waals surface area contributed by atoms with E-state index in [1.165, 1.54) is 12.8 Å². The summed E-state index contributed by atoms with van der Waals surface area (Å²) >= 11 is 0. The third-order valence-electron chi connectivity index (χ3n) is 3.57. The summed E-state index contributed by atoms with van der Waals surface area (Å²) in [6.07, 6.45) is 4.08. The van der Waals surface area contributed by atoms with Gasteiger partial charge in [0.2, 0.25) is 0 Å². The molecule has 1 amide bonds. The zero-order valence-electron chi connectivity index (χ0n) is 10.7. The van der Waals surface area contributed by atoms with Gasteiger partial charge in [-0.2, -0.15) is 10.2 Å². The molecule has 0 saturated heterocycles. The monoisotopic (exact) mass is 267 g/mol. The molecule has 3 aromatic rings. The predicted molar refractivity (Wildman–Crippen MR) is 74.6 cm³/mol. The molecule has 4 rings (SSSR count). The third-order valence-corrected chi connectivity index (χ3v) is 3.57. The normalized spacial score (nSPS) is 14.6. The predicted octanol–water partition coefficient (Wildman–Crippen LogP) is 2.42. The fourth-order valence-electron chi connectivity index (χ4n) is 2.32. The van der Waals surface area contributed by atoms with Gasteiger partial charge in [-0.1, -0.05) is 12.1 Å². The van der Waals surface area contributed by atoms with Crippen LogP contribution in [0, 0.1) is 0 Å². The van der Waals surface area contributed by atoms with Gasteiger partial charge in [-0.05, 0) is 25.0 Å². The molecular weight excluding hydrogens is 254 g/mol. The van der Waals surface area contributed by atoms with Crippen LogP contribution in [0.2, 0.25) is 0 Å². The maximum absolute atomic E-state index is 12.2. The van der Waals surface area contributed by atoms with Gasteiger partial charge in [0.25, 0.3) is 5.91 Å². The van der Waals surface area contributed by atoms with Crippen molar-refractivity contribution in [1.29, 1.82) is 0 Å². The first kappa shape index (κ1) is 11.2. The Kier molecular flexibility index (Phi) is 2.35. The molecule has 0 spiro atoms. The van der Waals surface area contributed by atoms with Crippen molar-refractivity contribution >= 4 is 22.5 Å². The van der Waals surface area contributed by atoms with Crippen LogP contribution in [0.15, 0.2) is 30.5 Å². The molecule has 0 bridgehead atoms. The van der Waals surface area contributed by atoms with E-state index in [1.54, 1.807) is 6.20 Å². The number of nitrogens with one attached hydrogen (secondary N) is 3. The number of rotatable bonds is 3. The molecule has 0 unspecified atom stereocenters. The number of H-pyrrole nitrogens is 2. The number of fused-ring (bicyclic) bond motifs is 1. The Hall–Kier alpha value is -2.63. The number of para-hydroxylation sites is 1. The summed E-state index contributed by atoms with van der Waals surface area (Å²) in [7, 11) is 0. The van der Waals surface area contributed by atoms with Gasteiger partial charge in [0.05, 0.1) is 17.4 Å². The number of carbonyl (C=O) groups excluding carboxylic acids is 1. The van der Waals surface area contributed by atoms with Crippen molar-refractivity contribution < 1.29 is 4.79 Å². The van der Waals surface area contributed by atoms with E-state index in [2.05, 4.69) is 25.7 Å². The maximum Gasteiger partial charge on any atom is 0.276 e. The van der Waals surface area contributed by atoms with Crippen LogP contribution in [0.4, 0.5) is 5.69 Å². The van der Waals surface area contributed by atoms with E-state index in [-0.39, 0.29) is 5.91 Å². The summed E-state index contributed by atoms with van der Waals surface area (Å²) in [6, 6.07) is 7.49. The van der Waals surface area contributed by atoms with Gasteiger partial charge in [-0.3, -0.25) is 15.0 Å². The molecule has 20 heavy (non-hydrogen) atoms. The standard InChI is InChI=1S/C14H13N5O/c20-14(12-6-11(17-18-12)8-4-5-8)16-10-3-1-2-9-7-15-19-13(9)10/h1-3,6-8H,4-5H2,(H,15,19)(H,16,20)(H,17,18). The summed E-state index contributed by atoms with van der Waals surface area (Å²) in [6.45, 7) is 0. The lowest BCUT2D eigenvalue weighted by Crippen LogP contribution is -2.12. The number of hydrogen-bond donors (Lipinski definition) is 3. The SMILES string of the molecule is O=C(Nc1cccc2cn[nH]c12)c1cc(C2CC2)[nH]n1. The Balaban J connectivity index is 1.60. The third kappa shape index (κ3) is 1.85. The van der Waals surface area contributed by atoms with Crippen molar-refractivity contribution in [3.63, 3.8) is 0 Å². The Morgan fingerprint density at radius 2 is 2.20 bits per heavy atom. The fraction of sp³-hybridized carbons (Fsp3) is 0.214. The van der Waals surface area contributed by atoms with Crippen molar-refractivity contribution in [2.75, 3.05) is 5.32 Å². The number of nitrogens with zero attached hydrogens (tertiary/aromatic N) is 2. The molecule has 6 nitrogen and oxygen atoms in total. The summed E-state index contributed by atoms with van der Waals surface area (Å²) in [5, 5.41) is 17.7. The number of benzene rings is 1. The van der Waals surface area contributed by atoms with Crippen LogP contribution in [-0.4, -0.2) is 26.3 Å². The number of hydrogen-bond acceptors (Lipinski definition) is 3. The second-order valence-electron chi connectivity index (χ2n) is 5.08. The van der Waals surface area contributed by atoms with Crippen LogP contribution < -0.4 is 5.32 Å². The van der Waals surface area contributed by atoms with Crippen molar-refractivity contribution in [3.8, 4) is 0 Å². The van der Waals surface area contributed by atoms with Gasteiger partial charge in [-0.15, -0.1) is 0 Å². The van der Waals surface area contributed by atoms with Crippen molar-refractivity contribution in [1.82, 2.24) is 20.4 Å². The van der Waals surface area contributed by atoms with E-state index in [4.69, 9.17) is 0 Å². The smallest absolute Gasteiger partial charge is 0.276 e. The Morgan fingerprint density at radius 1 is 1.30 bits per heavy atom. The second kappa shape index (κ2) is 4.19. The minimum Gasteiger partial charge on any atom is -0.319 e. The number of anilines is 1. The second-order valence-corrected chi connectivity index (χ2v) is 5.08. The summed E-state index contributed by atoms with van der Waals surface area (Å²) in [5.74, 6) is 0.343. The number of aromatic nitrogens is 4. The van der Waals surface area contributed by atoms with Gasteiger partial charge in [0, 0.05) is 17.0 Å². The molecule has 1 aliphatic rings. The zero-order valence-corrected chi connectivity index (χ0v) is 10.7. The zero-order chi connectivity index (χ0) is 13.5. The first-order valence-electron chi connectivity index (χ1n) is 6.60. The molecule has 2 aromatic heterocycles. The van der Waals surface area contributed by atoms with E-state index in [9.17, 15) is 4.79 Å². The van der Waals surface area contributed by atoms with Crippen LogP contribution in [0.25, 0.3) is 10.9 Å².